The van der Waals surface area contributed by atoms with E-state index in [-0.39, 0.29) is 18.4 Å². The predicted molar refractivity (Wildman–Crippen MR) is 116 cm³/mol. The molecule has 0 atom stereocenters. The molecule has 30 heavy (non-hydrogen) atoms. The van der Waals surface area contributed by atoms with Crippen LogP contribution in [0.3, 0.4) is 0 Å². The Kier molecular flexibility index (Phi) is 7.05. The average Bonchev–Trinajstić information content (AvgIpc) is 2.77. The fraction of sp³-hybridized carbons (Fsp3) is 0.167. The summed E-state index contributed by atoms with van der Waals surface area (Å²) in [5.74, 6) is 0.708. The molecule has 6 heteroatoms. The fourth-order valence-electron chi connectivity index (χ4n) is 2.84. The van der Waals surface area contributed by atoms with Gasteiger partial charge in [-0.25, -0.2) is 0 Å². The molecule has 0 aliphatic rings. The van der Waals surface area contributed by atoms with Crippen LogP contribution in [-0.2, 0) is 11.3 Å². The van der Waals surface area contributed by atoms with Crippen molar-refractivity contribution in [3.05, 3.63) is 89.5 Å². The molecule has 0 saturated carbocycles. The minimum absolute atomic E-state index is 0.143. The number of amides is 2. The Labute approximate surface area is 175 Å². The number of carbonyl (C=O) groups is 2. The molecule has 3 rings (SSSR count). The van der Waals surface area contributed by atoms with E-state index < -0.39 is 0 Å². The van der Waals surface area contributed by atoms with E-state index in [0.717, 1.165) is 11.1 Å². The molecule has 0 aliphatic heterocycles. The van der Waals surface area contributed by atoms with Gasteiger partial charge in [0.2, 0.25) is 0 Å². The van der Waals surface area contributed by atoms with Gasteiger partial charge in [-0.15, -0.1) is 0 Å². The third-order valence-corrected chi connectivity index (χ3v) is 4.54. The number of hydrogen-bond acceptors (Lipinski definition) is 4. The Bertz CT molecular complexity index is 1020. The van der Waals surface area contributed by atoms with Crippen LogP contribution in [-0.4, -0.2) is 25.5 Å². The van der Waals surface area contributed by atoms with E-state index in [2.05, 4.69) is 10.6 Å². The molecule has 0 aromatic heterocycles. The van der Waals surface area contributed by atoms with E-state index in [1.165, 1.54) is 0 Å². The average molecular weight is 404 g/mol. The van der Waals surface area contributed by atoms with Gasteiger partial charge in [-0.05, 0) is 54.4 Å². The van der Waals surface area contributed by atoms with Crippen LogP contribution < -0.4 is 20.1 Å². The quantitative estimate of drug-likeness (QED) is 0.596. The number of hydrogen-bond donors (Lipinski definition) is 2. The lowest BCUT2D eigenvalue weighted by molar-refractivity contribution is -0.118. The number of aryl methyl sites for hydroxylation is 1. The summed E-state index contributed by atoms with van der Waals surface area (Å²) >= 11 is 0. The van der Waals surface area contributed by atoms with Crippen molar-refractivity contribution in [1.29, 1.82) is 0 Å². The van der Waals surface area contributed by atoms with Crippen LogP contribution >= 0.6 is 0 Å². The Hall–Kier alpha value is -3.80. The van der Waals surface area contributed by atoms with E-state index >= 15 is 0 Å². The molecule has 0 unspecified atom stereocenters. The van der Waals surface area contributed by atoms with Crippen LogP contribution in [0.1, 0.15) is 21.5 Å². The fourth-order valence-corrected chi connectivity index (χ4v) is 2.84. The molecule has 0 saturated heterocycles. The number of ether oxygens (including phenoxy) is 2. The molecule has 6 nitrogen and oxygen atoms in total. The molecule has 154 valence electrons. The lowest BCUT2D eigenvalue weighted by Gasteiger charge is -2.10. The SMILES string of the molecule is COc1cccc(NC(=O)COc2ccc(C(=O)NCc3ccccc3C)cc2)c1. The highest BCUT2D eigenvalue weighted by Gasteiger charge is 2.08. The highest BCUT2D eigenvalue weighted by molar-refractivity contribution is 5.94. The first kappa shape index (κ1) is 20.9. The summed E-state index contributed by atoms with van der Waals surface area (Å²) in [7, 11) is 1.57. The second kappa shape index (κ2) is 10.1. The molecule has 0 radical (unpaired) electrons. The predicted octanol–water partition coefficient (Wildman–Crippen LogP) is 3.95. The van der Waals surface area contributed by atoms with Crippen molar-refractivity contribution in [1.82, 2.24) is 5.32 Å². The van der Waals surface area contributed by atoms with Gasteiger partial charge in [0.05, 0.1) is 7.11 Å². The van der Waals surface area contributed by atoms with Crippen molar-refractivity contribution in [3.8, 4) is 11.5 Å². The second-order valence-corrected chi connectivity index (χ2v) is 6.70. The molecule has 0 bridgehead atoms. The Morgan fingerprint density at radius 3 is 2.40 bits per heavy atom. The molecule has 3 aromatic carbocycles. The smallest absolute Gasteiger partial charge is 0.262 e. The van der Waals surface area contributed by atoms with E-state index in [1.54, 1.807) is 55.6 Å². The topological polar surface area (TPSA) is 76.7 Å². The van der Waals surface area contributed by atoms with E-state index in [4.69, 9.17) is 9.47 Å². The maximum absolute atomic E-state index is 12.3. The summed E-state index contributed by atoms with van der Waals surface area (Å²) in [6.45, 7) is 2.34. The van der Waals surface area contributed by atoms with Gasteiger partial charge in [-0.3, -0.25) is 9.59 Å². The van der Waals surface area contributed by atoms with Gasteiger partial charge in [-0.1, -0.05) is 30.3 Å². The third-order valence-electron chi connectivity index (χ3n) is 4.54. The van der Waals surface area contributed by atoms with Gasteiger partial charge in [0.1, 0.15) is 11.5 Å². The molecular weight excluding hydrogens is 380 g/mol. The van der Waals surface area contributed by atoms with Gasteiger partial charge in [0.15, 0.2) is 6.61 Å². The molecule has 0 aliphatic carbocycles. The van der Waals surface area contributed by atoms with Crippen LogP contribution in [0.5, 0.6) is 11.5 Å². The van der Waals surface area contributed by atoms with Gasteiger partial charge in [-0.2, -0.15) is 0 Å². The standard InChI is InChI=1S/C24H24N2O4/c1-17-6-3-4-7-19(17)15-25-24(28)18-10-12-21(13-11-18)30-16-23(27)26-20-8-5-9-22(14-20)29-2/h3-14H,15-16H2,1-2H3,(H,25,28)(H,26,27). The maximum atomic E-state index is 12.3. The van der Waals surface area contributed by atoms with Crippen LogP contribution in [0.2, 0.25) is 0 Å². The third kappa shape index (κ3) is 5.85. The number of nitrogens with one attached hydrogen (secondary N) is 2. The van der Waals surface area contributed by atoms with Gasteiger partial charge < -0.3 is 20.1 Å². The monoisotopic (exact) mass is 404 g/mol. The van der Waals surface area contributed by atoms with Crippen molar-refractivity contribution in [2.24, 2.45) is 0 Å². The Morgan fingerprint density at radius 2 is 1.67 bits per heavy atom. The Morgan fingerprint density at radius 1 is 0.900 bits per heavy atom. The lowest BCUT2D eigenvalue weighted by Crippen LogP contribution is -2.23. The summed E-state index contributed by atoms with van der Waals surface area (Å²) in [5.41, 5.74) is 3.36. The minimum Gasteiger partial charge on any atom is -0.497 e. The van der Waals surface area contributed by atoms with E-state index in [9.17, 15) is 9.59 Å². The van der Waals surface area contributed by atoms with E-state index in [0.29, 0.717) is 29.3 Å². The van der Waals surface area contributed by atoms with Crippen LogP contribution in [0.4, 0.5) is 5.69 Å². The lowest BCUT2D eigenvalue weighted by atomic mass is 10.1. The normalized spacial score (nSPS) is 10.2. The Balaban J connectivity index is 1.48. The zero-order chi connectivity index (χ0) is 21.3. The first-order valence-corrected chi connectivity index (χ1v) is 9.54. The molecule has 2 amide bonds. The summed E-state index contributed by atoms with van der Waals surface area (Å²) in [6, 6.07) is 21.7. The van der Waals surface area contributed by atoms with Crippen LogP contribution in [0.15, 0.2) is 72.8 Å². The largest absolute Gasteiger partial charge is 0.497 e. The molecule has 3 aromatic rings. The van der Waals surface area contributed by atoms with Crippen LogP contribution in [0.25, 0.3) is 0 Å². The van der Waals surface area contributed by atoms with Gasteiger partial charge in [0.25, 0.3) is 11.8 Å². The molecule has 2 N–H and O–H groups in total. The molecule has 0 fully saturated rings. The molecular formula is C24H24N2O4. The van der Waals surface area contributed by atoms with E-state index in [1.807, 2.05) is 31.2 Å². The van der Waals surface area contributed by atoms with Gasteiger partial charge in [0, 0.05) is 23.9 Å². The highest BCUT2D eigenvalue weighted by atomic mass is 16.5. The number of benzene rings is 3. The number of methoxy groups -OCH3 is 1. The van der Waals surface area contributed by atoms with Gasteiger partial charge >= 0.3 is 0 Å². The summed E-state index contributed by atoms with van der Waals surface area (Å²) < 4.78 is 10.6. The summed E-state index contributed by atoms with van der Waals surface area (Å²) in [5, 5.41) is 5.65. The number of rotatable bonds is 8. The van der Waals surface area contributed by atoms with Crippen LogP contribution in [0, 0.1) is 6.92 Å². The summed E-state index contributed by atoms with van der Waals surface area (Å²) in [6.07, 6.45) is 0. The molecule has 0 heterocycles. The molecule has 0 spiro atoms. The van der Waals surface area contributed by atoms with Crippen molar-refractivity contribution in [2.75, 3.05) is 19.0 Å². The second-order valence-electron chi connectivity index (χ2n) is 6.70. The zero-order valence-electron chi connectivity index (χ0n) is 17.0. The first-order valence-electron chi connectivity index (χ1n) is 9.54. The maximum Gasteiger partial charge on any atom is 0.262 e. The highest BCUT2D eigenvalue weighted by Crippen LogP contribution is 2.17. The minimum atomic E-state index is -0.289. The zero-order valence-corrected chi connectivity index (χ0v) is 17.0. The first-order chi connectivity index (χ1) is 14.5. The van der Waals surface area contributed by atoms with Crippen molar-refractivity contribution in [3.63, 3.8) is 0 Å². The van der Waals surface area contributed by atoms with Crippen molar-refractivity contribution in [2.45, 2.75) is 13.5 Å². The number of carbonyl (C=O) groups excluding carboxylic acids is 2. The number of anilines is 1. The summed E-state index contributed by atoms with van der Waals surface area (Å²) in [4.78, 5) is 24.4. The van der Waals surface area contributed by atoms with Crippen molar-refractivity contribution >= 4 is 17.5 Å². The van der Waals surface area contributed by atoms with Crippen molar-refractivity contribution < 1.29 is 19.1 Å².